The summed E-state index contributed by atoms with van der Waals surface area (Å²) in [6.07, 6.45) is 0.117. The van der Waals surface area contributed by atoms with Crippen molar-refractivity contribution in [1.29, 1.82) is 0 Å². The molecular formula is C11H15NO4. The molecule has 0 spiro atoms. The highest BCUT2D eigenvalue weighted by Crippen LogP contribution is 2.28. The number of phenols is 1. The van der Waals surface area contributed by atoms with Gasteiger partial charge in [0.25, 0.3) is 0 Å². The molecule has 0 aliphatic carbocycles. The van der Waals surface area contributed by atoms with E-state index in [2.05, 4.69) is 0 Å². The summed E-state index contributed by atoms with van der Waals surface area (Å²) in [4.78, 5) is 10.6. The molecule has 0 saturated heterocycles. The highest BCUT2D eigenvalue weighted by molar-refractivity contribution is 5.73. The van der Waals surface area contributed by atoms with Crippen LogP contribution in [-0.4, -0.2) is 29.3 Å². The number of hydrogen-bond donors (Lipinski definition) is 3. The van der Waals surface area contributed by atoms with Crippen molar-refractivity contribution in [2.24, 2.45) is 5.73 Å². The predicted molar refractivity (Wildman–Crippen MR) is 58.7 cm³/mol. The topological polar surface area (TPSA) is 92.8 Å². The summed E-state index contributed by atoms with van der Waals surface area (Å²) in [5.41, 5.74) is 6.68. The maximum atomic E-state index is 10.6. The average Bonchev–Trinajstić information content (AvgIpc) is 2.22. The van der Waals surface area contributed by atoms with E-state index in [0.29, 0.717) is 16.9 Å². The van der Waals surface area contributed by atoms with Crippen LogP contribution in [0.2, 0.25) is 0 Å². The summed E-state index contributed by atoms with van der Waals surface area (Å²) in [6, 6.07) is 2.13. The highest BCUT2D eigenvalue weighted by Gasteiger charge is 2.16. The van der Waals surface area contributed by atoms with Crippen LogP contribution in [0.25, 0.3) is 0 Å². The van der Waals surface area contributed by atoms with Crippen molar-refractivity contribution in [1.82, 2.24) is 0 Å². The molecule has 0 amide bonds. The number of carboxylic acid groups (broad SMARTS) is 1. The van der Waals surface area contributed by atoms with Gasteiger partial charge in [0.05, 0.1) is 7.11 Å². The zero-order chi connectivity index (χ0) is 12.3. The molecule has 0 bridgehead atoms. The first kappa shape index (κ1) is 12.3. The lowest BCUT2D eigenvalue weighted by Gasteiger charge is -2.12. The fourth-order valence-electron chi connectivity index (χ4n) is 1.39. The fraction of sp³-hybridized carbons (Fsp3) is 0.364. The molecule has 0 aromatic heterocycles. The van der Waals surface area contributed by atoms with Crippen molar-refractivity contribution in [2.45, 2.75) is 19.4 Å². The quantitative estimate of drug-likeness (QED) is 0.700. The molecule has 0 aliphatic heterocycles. The lowest BCUT2D eigenvalue weighted by atomic mass is 10.0. The molecule has 1 aromatic carbocycles. The van der Waals surface area contributed by atoms with Crippen molar-refractivity contribution >= 4 is 5.97 Å². The summed E-state index contributed by atoms with van der Waals surface area (Å²) >= 11 is 0. The van der Waals surface area contributed by atoms with E-state index in [9.17, 15) is 9.90 Å². The number of phenolic OH excluding ortho intramolecular Hbond substituents is 1. The Kier molecular flexibility index (Phi) is 3.73. The number of nitrogens with two attached hydrogens (primary N) is 1. The van der Waals surface area contributed by atoms with Gasteiger partial charge in [0.15, 0.2) is 0 Å². The summed E-state index contributed by atoms with van der Waals surface area (Å²) < 4.78 is 5.10. The first-order valence-corrected chi connectivity index (χ1v) is 4.80. The Morgan fingerprint density at radius 3 is 2.69 bits per heavy atom. The van der Waals surface area contributed by atoms with E-state index in [1.165, 1.54) is 13.2 Å². The van der Waals surface area contributed by atoms with Gasteiger partial charge in [-0.25, -0.2) is 0 Å². The molecule has 1 atom stereocenters. The molecule has 16 heavy (non-hydrogen) atoms. The van der Waals surface area contributed by atoms with Gasteiger partial charge in [-0.15, -0.1) is 0 Å². The molecule has 0 aliphatic rings. The van der Waals surface area contributed by atoms with Gasteiger partial charge in [0.1, 0.15) is 17.5 Å². The third-order valence-corrected chi connectivity index (χ3v) is 2.36. The molecule has 1 rings (SSSR count). The Bertz CT molecular complexity index is 403. The molecule has 5 heteroatoms. The van der Waals surface area contributed by atoms with E-state index in [4.69, 9.17) is 15.6 Å². The van der Waals surface area contributed by atoms with Crippen LogP contribution in [0.15, 0.2) is 12.1 Å². The van der Waals surface area contributed by atoms with Crippen LogP contribution in [0.1, 0.15) is 11.1 Å². The standard InChI is InChI=1S/C11H15NO4/c1-6-3-10(16-2)7(5-9(6)13)4-8(12)11(14)15/h3,5,8,13H,4,12H2,1-2H3,(H,14,15). The molecule has 4 N–H and O–H groups in total. The SMILES string of the molecule is COc1cc(C)c(O)cc1CC(N)C(=O)O. The zero-order valence-corrected chi connectivity index (χ0v) is 9.23. The fourth-order valence-corrected chi connectivity index (χ4v) is 1.39. The zero-order valence-electron chi connectivity index (χ0n) is 9.23. The lowest BCUT2D eigenvalue weighted by molar-refractivity contribution is -0.138. The van der Waals surface area contributed by atoms with E-state index in [0.717, 1.165) is 0 Å². The first-order valence-electron chi connectivity index (χ1n) is 4.80. The summed E-state index contributed by atoms with van der Waals surface area (Å²) in [7, 11) is 1.49. The van der Waals surface area contributed by atoms with Crippen molar-refractivity contribution in [3.8, 4) is 11.5 Å². The van der Waals surface area contributed by atoms with Gasteiger partial charge in [-0.1, -0.05) is 0 Å². The van der Waals surface area contributed by atoms with E-state index >= 15 is 0 Å². The molecular weight excluding hydrogens is 210 g/mol. The summed E-state index contributed by atoms with van der Waals surface area (Å²) in [5, 5.41) is 18.2. The minimum absolute atomic E-state index is 0.105. The Morgan fingerprint density at radius 1 is 1.56 bits per heavy atom. The minimum Gasteiger partial charge on any atom is -0.508 e. The molecule has 5 nitrogen and oxygen atoms in total. The predicted octanol–water partition coefficient (Wildman–Crippen LogP) is 0.664. The summed E-state index contributed by atoms with van der Waals surface area (Å²) in [5.74, 6) is -0.442. The van der Waals surface area contributed by atoms with Gasteiger partial charge in [0.2, 0.25) is 0 Å². The number of carbonyl (C=O) groups is 1. The van der Waals surface area contributed by atoms with Crippen LogP contribution in [0, 0.1) is 6.92 Å². The van der Waals surface area contributed by atoms with Crippen molar-refractivity contribution < 1.29 is 19.7 Å². The van der Waals surface area contributed by atoms with Crippen LogP contribution in [-0.2, 0) is 11.2 Å². The second kappa shape index (κ2) is 4.85. The van der Waals surface area contributed by atoms with Gasteiger partial charge in [-0.2, -0.15) is 0 Å². The molecule has 1 unspecified atom stereocenters. The molecule has 1 aromatic rings. The number of benzene rings is 1. The number of aryl methyl sites for hydroxylation is 1. The number of aromatic hydroxyl groups is 1. The first-order chi connectivity index (χ1) is 7.45. The number of carboxylic acids is 1. The van der Waals surface area contributed by atoms with Crippen LogP contribution >= 0.6 is 0 Å². The van der Waals surface area contributed by atoms with Crippen molar-refractivity contribution in [3.05, 3.63) is 23.3 Å². The second-order valence-corrected chi connectivity index (χ2v) is 3.60. The van der Waals surface area contributed by atoms with Crippen LogP contribution in [0.4, 0.5) is 0 Å². The van der Waals surface area contributed by atoms with Gasteiger partial charge in [-0.3, -0.25) is 4.79 Å². The van der Waals surface area contributed by atoms with Gasteiger partial charge < -0.3 is 20.7 Å². The Hall–Kier alpha value is -1.75. The van der Waals surface area contributed by atoms with Crippen LogP contribution < -0.4 is 10.5 Å². The molecule has 0 heterocycles. The smallest absolute Gasteiger partial charge is 0.320 e. The Morgan fingerprint density at radius 2 is 2.19 bits per heavy atom. The third kappa shape index (κ3) is 2.64. The summed E-state index contributed by atoms with van der Waals surface area (Å²) in [6.45, 7) is 1.73. The maximum Gasteiger partial charge on any atom is 0.320 e. The molecule has 0 fully saturated rings. The van der Waals surface area contributed by atoms with Gasteiger partial charge >= 0.3 is 5.97 Å². The number of aliphatic carboxylic acids is 1. The van der Waals surface area contributed by atoms with Crippen molar-refractivity contribution in [3.63, 3.8) is 0 Å². The number of ether oxygens (including phenoxy) is 1. The van der Waals surface area contributed by atoms with E-state index < -0.39 is 12.0 Å². The monoisotopic (exact) mass is 225 g/mol. The van der Waals surface area contributed by atoms with Gasteiger partial charge in [-0.05, 0) is 30.2 Å². The average molecular weight is 225 g/mol. The van der Waals surface area contributed by atoms with E-state index in [1.54, 1.807) is 13.0 Å². The second-order valence-electron chi connectivity index (χ2n) is 3.60. The normalized spacial score (nSPS) is 12.2. The third-order valence-electron chi connectivity index (χ3n) is 2.36. The van der Waals surface area contributed by atoms with E-state index in [1.807, 2.05) is 0 Å². The lowest BCUT2D eigenvalue weighted by Crippen LogP contribution is -2.32. The molecule has 88 valence electrons. The van der Waals surface area contributed by atoms with E-state index in [-0.39, 0.29) is 12.2 Å². The maximum absolute atomic E-state index is 10.6. The number of methoxy groups -OCH3 is 1. The largest absolute Gasteiger partial charge is 0.508 e. The van der Waals surface area contributed by atoms with Crippen LogP contribution in [0.5, 0.6) is 11.5 Å². The Labute approximate surface area is 93.5 Å². The highest BCUT2D eigenvalue weighted by atomic mass is 16.5. The molecule has 0 radical (unpaired) electrons. The number of hydrogen-bond acceptors (Lipinski definition) is 4. The van der Waals surface area contributed by atoms with Gasteiger partial charge in [0, 0.05) is 6.42 Å². The van der Waals surface area contributed by atoms with Crippen LogP contribution in [0.3, 0.4) is 0 Å². The van der Waals surface area contributed by atoms with Crippen molar-refractivity contribution in [2.75, 3.05) is 7.11 Å². The minimum atomic E-state index is -1.08. The Balaban J connectivity index is 3.03. The number of rotatable bonds is 4. The molecule has 0 saturated carbocycles.